The third-order valence-corrected chi connectivity index (χ3v) is 6.48. The maximum absolute atomic E-state index is 13.3. The van der Waals surface area contributed by atoms with Crippen molar-refractivity contribution in [3.05, 3.63) is 106 Å². The number of fused-ring (bicyclic) bond motifs is 1. The summed E-state index contributed by atoms with van der Waals surface area (Å²) in [4.78, 5) is 65.4. The van der Waals surface area contributed by atoms with Crippen LogP contribution in [0.1, 0.15) is 20.7 Å². The van der Waals surface area contributed by atoms with Gasteiger partial charge in [0.15, 0.2) is 0 Å². The molecule has 1 saturated heterocycles. The molecule has 2 amide bonds. The fraction of sp³-hybridized carbons (Fsp3) is 0.143. The van der Waals surface area contributed by atoms with Gasteiger partial charge in [0.1, 0.15) is 5.75 Å². The minimum atomic E-state index is -0.848. The van der Waals surface area contributed by atoms with Crippen molar-refractivity contribution in [3.8, 4) is 5.75 Å². The van der Waals surface area contributed by atoms with Gasteiger partial charge < -0.3 is 14.5 Å². The van der Waals surface area contributed by atoms with Crippen molar-refractivity contribution in [2.45, 2.75) is 0 Å². The Morgan fingerprint density at radius 1 is 0.769 bits per heavy atom. The summed E-state index contributed by atoms with van der Waals surface area (Å²) in [5, 5.41) is 11.3. The van der Waals surface area contributed by atoms with Crippen LogP contribution in [0, 0.1) is 10.1 Å². The van der Waals surface area contributed by atoms with Gasteiger partial charge in [0.25, 0.3) is 23.3 Å². The Morgan fingerprint density at radius 2 is 1.38 bits per heavy atom. The van der Waals surface area contributed by atoms with Crippen molar-refractivity contribution < 1.29 is 28.8 Å². The van der Waals surface area contributed by atoms with E-state index in [1.807, 2.05) is 6.07 Å². The number of non-ortho nitro benzene ring substituents is 1. The van der Waals surface area contributed by atoms with Gasteiger partial charge in [0.05, 0.1) is 16.0 Å². The number of nitro groups is 1. The summed E-state index contributed by atoms with van der Waals surface area (Å²) in [7, 11) is 0. The van der Waals surface area contributed by atoms with E-state index in [-0.39, 0.29) is 49.1 Å². The van der Waals surface area contributed by atoms with Crippen molar-refractivity contribution in [2.75, 3.05) is 26.2 Å². The average molecular weight is 527 g/mol. The lowest BCUT2D eigenvalue weighted by Crippen LogP contribution is -2.52. The highest BCUT2D eigenvalue weighted by molar-refractivity contribution is 6.45. The summed E-state index contributed by atoms with van der Waals surface area (Å²) in [6, 6.07) is 20.4. The van der Waals surface area contributed by atoms with Crippen molar-refractivity contribution in [2.24, 2.45) is 0 Å². The van der Waals surface area contributed by atoms with Crippen LogP contribution in [0.2, 0.25) is 0 Å². The molecule has 0 bridgehead atoms. The molecule has 0 N–H and O–H groups in total. The van der Waals surface area contributed by atoms with Crippen LogP contribution in [-0.2, 0) is 4.79 Å². The lowest BCUT2D eigenvalue weighted by molar-refractivity contribution is -0.384. The first-order valence-corrected chi connectivity index (χ1v) is 12.1. The molecule has 0 saturated carbocycles. The highest BCUT2D eigenvalue weighted by atomic mass is 16.6. The van der Waals surface area contributed by atoms with E-state index in [9.17, 15) is 29.3 Å². The Morgan fingerprint density at radius 3 is 2.05 bits per heavy atom. The van der Waals surface area contributed by atoms with Crippen LogP contribution in [0.15, 0.2) is 85.1 Å². The number of benzene rings is 3. The summed E-state index contributed by atoms with van der Waals surface area (Å²) in [5.41, 5.74) is 0.803. The molecule has 0 unspecified atom stereocenters. The first-order chi connectivity index (χ1) is 18.8. The van der Waals surface area contributed by atoms with E-state index in [2.05, 4.69) is 0 Å². The minimum Gasteiger partial charge on any atom is -0.410 e. The zero-order chi connectivity index (χ0) is 27.5. The number of aromatic nitrogens is 1. The number of rotatable bonds is 5. The number of ketones is 1. The van der Waals surface area contributed by atoms with Gasteiger partial charge in [-0.15, -0.1) is 0 Å². The van der Waals surface area contributed by atoms with E-state index < -0.39 is 22.7 Å². The van der Waals surface area contributed by atoms with Gasteiger partial charge in [-0.05, 0) is 30.3 Å². The number of carbonyl (C=O) groups excluding carboxylic acids is 4. The molecule has 4 aromatic rings. The van der Waals surface area contributed by atoms with Crippen molar-refractivity contribution >= 4 is 40.3 Å². The summed E-state index contributed by atoms with van der Waals surface area (Å²) >= 11 is 0. The second-order valence-corrected chi connectivity index (χ2v) is 8.83. The molecule has 1 aliphatic rings. The number of carbonyl (C=O) groups is 4. The first-order valence-electron chi connectivity index (χ1n) is 12.1. The number of hydrogen-bond donors (Lipinski definition) is 0. The number of Topliss-reactive ketones (excluding diaryl/α,β-unsaturated/α-hetero) is 1. The van der Waals surface area contributed by atoms with Crippen molar-refractivity contribution in [1.82, 2.24) is 14.4 Å². The molecule has 2 heterocycles. The van der Waals surface area contributed by atoms with Crippen LogP contribution >= 0.6 is 0 Å². The van der Waals surface area contributed by atoms with Crippen molar-refractivity contribution in [3.63, 3.8) is 0 Å². The third kappa shape index (κ3) is 5.10. The van der Waals surface area contributed by atoms with Gasteiger partial charge in [-0.25, -0.2) is 4.79 Å². The molecule has 1 aromatic heterocycles. The molecular weight excluding hydrogens is 504 g/mol. The lowest BCUT2D eigenvalue weighted by atomic mass is 10.1. The summed E-state index contributed by atoms with van der Waals surface area (Å²) in [5.74, 6) is -1.57. The minimum absolute atomic E-state index is 0.0408. The van der Waals surface area contributed by atoms with Gasteiger partial charge in [-0.2, -0.15) is 0 Å². The molecule has 11 heteroatoms. The first kappa shape index (κ1) is 25.3. The van der Waals surface area contributed by atoms with E-state index in [0.717, 1.165) is 4.57 Å². The molecule has 5 rings (SSSR count). The van der Waals surface area contributed by atoms with Crippen LogP contribution in [0.3, 0.4) is 0 Å². The molecule has 0 radical (unpaired) electrons. The topological polar surface area (TPSA) is 132 Å². The number of hydrogen-bond acceptors (Lipinski definition) is 7. The lowest BCUT2D eigenvalue weighted by Gasteiger charge is -2.34. The molecule has 0 spiro atoms. The Kier molecular flexibility index (Phi) is 6.87. The molecule has 1 fully saturated rings. The number of piperazine rings is 1. The summed E-state index contributed by atoms with van der Waals surface area (Å²) in [6.07, 6.45) is 0.410. The van der Waals surface area contributed by atoms with E-state index in [1.165, 1.54) is 35.4 Å². The maximum Gasteiger partial charge on any atom is 0.423 e. The number of amides is 2. The SMILES string of the molecule is O=C(C(=O)N1CCN(C(=O)c2ccccc2)CC1)c1cn(C(=O)Oc2ccc([N+](=O)[O-])cc2)c2ccccc12. The van der Waals surface area contributed by atoms with Gasteiger partial charge in [-0.3, -0.25) is 29.1 Å². The maximum atomic E-state index is 13.3. The predicted molar refractivity (Wildman–Crippen MR) is 140 cm³/mol. The number of para-hydroxylation sites is 1. The van der Waals surface area contributed by atoms with E-state index in [4.69, 9.17) is 4.74 Å². The van der Waals surface area contributed by atoms with Gasteiger partial charge >= 0.3 is 6.09 Å². The number of nitrogens with zero attached hydrogens (tertiary/aromatic N) is 4. The van der Waals surface area contributed by atoms with Crippen LogP contribution in [0.5, 0.6) is 5.75 Å². The molecule has 3 aromatic carbocycles. The largest absolute Gasteiger partial charge is 0.423 e. The van der Waals surface area contributed by atoms with Crippen LogP contribution in [0.25, 0.3) is 10.9 Å². The quantitative estimate of drug-likeness (QED) is 0.167. The van der Waals surface area contributed by atoms with E-state index in [1.54, 1.807) is 53.4 Å². The highest BCUT2D eigenvalue weighted by Crippen LogP contribution is 2.24. The van der Waals surface area contributed by atoms with Crippen LogP contribution in [-0.4, -0.2) is 69.2 Å². The Hall–Kier alpha value is -5.32. The Balaban J connectivity index is 1.31. The smallest absolute Gasteiger partial charge is 0.410 e. The monoisotopic (exact) mass is 526 g/mol. The fourth-order valence-electron chi connectivity index (χ4n) is 4.43. The van der Waals surface area contributed by atoms with Gasteiger partial charge in [0, 0.05) is 55.5 Å². The van der Waals surface area contributed by atoms with Gasteiger partial charge in [-0.1, -0.05) is 36.4 Å². The van der Waals surface area contributed by atoms with E-state index in [0.29, 0.717) is 16.5 Å². The second-order valence-electron chi connectivity index (χ2n) is 8.83. The molecule has 196 valence electrons. The molecule has 1 aliphatic heterocycles. The summed E-state index contributed by atoms with van der Waals surface area (Å²) < 4.78 is 6.46. The zero-order valence-corrected chi connectivity index (χ0v) is 20.6. The molecule has 11 nitrogen and oxygen atoms in total. The molecule has 0 atom stereocenters. The third-order valence-electron chi connectivity index (χ3n) is 6.48. The zero-order valence-electron chi connectivity index (χ0n) is 20.6. The number of ether oxygens (including phenoxy) is 1. The standard InChI is InChI=1S/C28H22N4O7/c33-25(27(35)30-16-14-29(15-17-30)26(34)19-6-2-1-3-7-19)23-18-31(24-9-5-4-8-22(23)24)28(36)39-21-12-10-20(11-13-21)32(37)38/h1-13,18H,14-17H2. The molecular formula is C28H22N4O7. The normalized spacial score (nSPS) is 13.2. The van der Waals surface area contributed by atoms with E-state index >= 15 is 0 Å². The Bertz CT molecular complexity index is 1590. The van der Waals surface area contributed by atoms with Crippen LogP contribution in [0.4, 0.5) is 10.5 Å². The average Bonchev–Trinajstić information content (AvgIpc) is 3.37. The van der Waals surface area contributed by atoms with Crippen molar-refractivity contribution in [1.29, 1.82) is 0 Å². The summed E-state index contributed by atoms with van der Waals surface area (Å²) in [6.45, 7) is 0.972. The highest BCUT2D eigenvalue weighted by Gasteiger charge is 2.31. The fourth-order valence-corrected chi connectivity index (χ4v) is 4.43. The molecule has 39 heavy (non-hydrogen) atoms. The van der Waals surface area contributed by atoms with Crippen LogP contribution < -0.4 is 4.74 Å². The predicted octanol–water partition coefficient (Wildman–Crippen LogP) is 3.76. The molecule has 0 aliphatic carbocycles. The van der Waals surface area contributed by atoms with Gasteiger partial charge in [0.2, 0.25) is 0 Å². The number of nitro benzene ring substituents is 1. The Labute approximate surface area is 221 Å². The second kappa shape index (κ2) is 10.6.